The number of nitrogens with zero attached hydrogens (tertiary/aromatic N) is 1. The summed E-state index contributed by atoms with van der Waals surface area (Å²) < 4.78 is 27.5. The molecule has 0 radical (unpaired) electrons. The molecule has 0 bridgehead atoms. The third-order valence-electron chi connectivity index (χ3n) is 5.53. The molecule has 1 aliphatic heterocycles. The number of sulfonamides is 1. The van der Waals surface area contributed by atoms with Gasteiger partial charge in [0.2, 0.25) is 15.9 Å². The van der Waals surface area contributed by atoms with Gasteiger partial charge in [-0.05, 0) is 57.2 Å². The summed E-state index contributed by atoms with van der Waals surface area (Å²) in [7, 11) is -3.49. The van der Waals surface area contributed by atoms with Gasteiger partial charge in [0.15, 0.2) is 0 Å². The first-order chi connectivity index (χ1) is 13.8. The van der Waals surface area contributed by atoms with Crippen molar-refractivity contribution in [3.8, 4) is 0 Å². The Hall–Kier alpha value is -2.18. The van der Waals surface area contributed by atoms with E-state index in [1.807, 2.05) is 32.9 Å². The average molecular weight is 415 g/mol. The molecule has 2 aromatic carbocycles. The van der Waals surface area contributed by atoms with Gasteiger partial charge in [-0.2, -0.15) is 4.31 Å². The van der Waals surface area contributed by atoms with E-state index in [4.69, 9.17) is 0 Å². The van der Waals surface area contributed by atoms with E-state index in [-0.39, 0.29) is 11.9 Å². The van der Waals surface area contributed by atoms with Gasteiger partial charge in [0, 0.05) is 25.6 Å². The highest BCUT2D eigenvalue weighted by Crippen LogP contribution is 2.24. The maximum Gasteiger partial charge on any atom is 0.243 e. The first kappa shape index (κ1) is 21.5. The number of hydrogen-bond donors (Lipinski definition) is 1. The Morgan fingerprint density at radius 2 is 1.62 bits per heavy atom. The van der Waals surface area contributed by atoms with Crippen LogP contribution in [0.4, 0.5) is 0 Å². The van der Waals surface area contributed by atoms with E-state index in [0.717, 1.165) is 16.7 Å². The molecule has 3 rings (SSSR count). The van der Waals surface area contributed by atoms with Crippen molar-refractivity contribution in [2.45, 2.75) is 57.4 Å². The van der Waals surface area contributed by atoms with E-state index in [1.54, 1.807) is 10.4 Å². The highest BCUT2D eigenvalue weighted by atomic mass is 32.2. The van der Waals surface area contributed by atoms with E-state index in [9.17, 15) is 13.2 Å². The lowest BCUT2D eigenvalue weighted by Crippen LogP contribution is -2.46. The highest BCUT2D eigenvalue weighted by molar-refractivity contribution is 7.89. The number of benzene rings is 2. The van der Waals surface area contributed by atoms with Crippen LogP contribution < -0.4 is 5.32 Å². The quantitative estimate of drug-likeness (QED) is 0.787. The normalized spacial score (nSPS) is 16.0. The largest absolute Gasteiger partial charge is 0.353 e. The van der Waals surface area contributed by atoms with Crippen molar-refractivity contribution < 1.29 is 13.2 Å². The fraction of sp³-hybridized carbons (Fsp3) is 0.435. The molecule has 0 saturated carbocycles. The summed E-state index contributed by atoms with van der Waals surface area (Å²) in [6, 6.07) is 13.7. The van der Waals surface area contributed by atoms with Gasteiger partial charge in [-0.25, -0.2) is 8.42 Å². The van der Waals surface area contributed by atoms with Crippen LogP contribution in [-0.4, -0.2) is 37.8 Å². The van der Waals surface area contributed by atoms with Gasteiger partial charge in [0.25, 0.3) is 0 Å². The summed E-state index contributed by atoms with van der Waals surface area (Å²) in [5, 5.41) is 3.07. The lowest BCUT2D eigenvalue weighted by molar-refractivity contribution is -0.122. The second-order valence-corrected chi connectivity index (χ2v) is 9.91. The van der Waals surface area contributed by atoms with Crippen molar-refractivity contribution in [1.29, 1.82) is 0 Å². The van der Waals surface area contributed by atoms with E-state index in [0.29, 0.717) is 43.7 Å². The molecule has 0 unspecified atom stereocenters. The van der Waals surface area contributed by atoms with Crippen molar-refractivity contribution in [2.24, 2.45) is 0 Å². The third kappa shape index (κ3) is 5.46. The molecule has 0 aromatic heterocycles. The average Bonchev–Trinajstić information content (AvgIpc) is 2.67. The second-order valence-electron chi connectivity index (χ2n) is 8.00. The third-order valence-corrected chi connectivity index (χ3v) is 7.59. The Balaban J connectivity index is 1.50. The standard InChI is InChI=1S/C23H30N2O3S/c1-17-4-7-20(8-5-17)9-11-23(26)24-21-12-14-25(15-13-21)29(27,28)22-10-6-18(2)16-19(22)3/h4-8,10,16,21H,9,11-15H2,1-3H3,(H,24,26). The Morgan fingerprint density at radius 1 is 1.00 bits per heavy atom. The van der Waals surface area contributed by atoms with Crippen LogP contribution in [-0.2, 0) is 21.2 Å². The van der Waals surface area contributed by atoms with Gasteiger partial charge in [-0.1, -0.05) is 47.5 Å². The zero-order valence-corrected chi connectivity index (χ0v) is 18.3. The Bertz CT molecular complexity index is 960. The number of amides is 1. The van der Waals surface area contributed by atoms with Crippen LogP contribution in [0.5, 0.6) is 0 Å². The van der Waals surface area contributed by atoms with E-state index in [1.165, 1.54) is 5.56 Å². The SMILES string of the molecule is Cc1ccc(CCC(=O)NC2CCN(S(=O)(=O)c3ccc(C)cc3C)CC2)cc1. The van der Waals surface area contributed by atoms with Crippen LogP contribution in [0.25, 0.3) is 0 Å². The van der Waals surface area contributed by atoms with Gasteiger partial charge in [-0.3, -0.25) is 4.79 Å². The molecule has 1 N–H and O–H groups in total. The monoisotopic (exact) mass is 414 g/mol. The maximum atomic E-state index is 13.0. The predicted molar refractivity (Wildman–Crippen MR) is 115 cm³/mol. The predicted octanol–water partition coefficient (Wildman–Crippen LogP) is 3.51. The molecule has 2 aromatic rings. The van der Waals surface area contributed by atoms with Crippen LogP contribution in [0.1, 0.15) is 41.5 Å². The lowest BCUT2D eigenvalue weighted by atomic mass is 10.1. The number of nitrogens with one attached hydrogen (secondary N) is 1. The molecule has 0 spiro atoms. The molecule has 6 heteroatoms. The van der Waals surface area contributed by atoms with Gasteiger partial charge in [-0.15, -0.1) is 0 Å². The van der Waals surface area contributed by atoms with Crippen LogP contribution in [0, 0.1) is 20.8 Å². The molecule has 1 heterocycles. The van der Waals surface area contributed by atoms with Gasteiger partial charge in [0.1, 0.15) is 0 Å². The number of carbonyl (C=O) groups is 1. The fourth-order valence-corrected chi connectivity index (χ4v) is 5.46. The summed E-state index contributed by atoms with van der Waals surface area (Å²) >= 11 is 0. The van der Waals surface area contributed by atoms with Crippen molar-refractivity contribution in [2.75, 3.05) is 13.1 Å². The summed E-state index contributed by atoms with van der Waals surface area (Å²) in [5.41, 5.74) is 4.19. The van der Waals surface area contributed by atoms with Crippen LogP contribution >= 0.6 is 0 Å². The summed E-state index contributed by atoms with van der Waals surface area (Å²) in [4.78, 5) is 12.7. The number of piperidine rings is 1. The number of carbonyl (C=O) groups excluding carboxylic acids is 1. The van der Waals surface area contributed by atoms with E-state index < -0.39 is 10.0 Å². The van der Waals surface area contributed by atoms with Crippen LogP contribution in [0.15, 0.2) is 47.4 Å². The summed E-state index contributed by atoms with van der Waals surface area (Å²) in [5.74, 6) is 0.0289. The van der Waals surface area contributed by atoms with Gasteiger partial charge < -0.3 is 5.32 Å². The zero-order chi connectivity index (χ0) is 21.0. The second kappa shape index (κ2) is 9.09. The topological polar surface area (TPSA) is 66.5 Å². The maximum absolute atomic E-state index is 13.0. The number of rotatable bonds is 6. The minimum absolute atomic E-state index is 0.0289. The Morgan fingerprint density at radius 3 is 2.24 bits per heavy atom. The van der Waals surface area contributed by atoms with Crippen molar-refractivity contribution >= 4 is 15.9 Å². The van der Waals surface area contributed by atoms with Crippen molar-refractivity contribution in [3.63, 3.8) is 0 Å². The molecule has 156 valence electrons. The molecule has 5 nitrogen and oxygen atoms in total. The zero-order valence-electron chi connectivity index (χ0n) is 17.4. The lowest BCUT2D eigenvalue weighted by Gasteiger charge is -2.32. The van der Waals surface area contributed by atoms with Crippen LogP contribution in [0.3, 0.4) is 0 Å². The van der Waals surface area contributed by atoms with Gasteiger partial charge in [0.05, 0.1) is 4.90 Å². The van der Waals surface area contributed by atoms with E-state index in [2.05, 4.69) is 29.6 Å². The highest BCUT2D eigenvalue weighted by Gasteiger charge is 2.30. The smallest absolute Gasteiger partial charge is 0.243 e. The number of aryl methyl sites for hydroxylation is 4. The molecule has 1 fully saturated rings. The molecule has 0 atom stereocenters. The Labute approximate surface area is 174 Å². The minimum atomic E-state index is -3.49. The molecule has 1 aliphatic rings. The van der Waals surface area contributed by atoms with Gasteiger partial charge >= 0.3 is 0 Å². The molecule has 1 saturated heterocycles. The number of hydrogen-bond acceptors (Lipinski definition) is 3. The van der Waals surface area contributed by atoms with Crippen molar-refractivity contribution in [3.05, 3.63) is 64.7 Å². The van der Waals surface area contributed by atoms with Crippen molar-refractivity contribution in [1.82, 2.24) is 9.62 Å². The summed E-state index contributed by atoms with van der Waals surface area (Å²) in [6.07, 6.45) is 2.44. The van der Waals surface area contributed by atoms with E-state index >= 15 is 0 Å². The fourth-order valence-electron chi connectivity index (χ4n) is 3.78. The molecule has 1 amide bonds. The molecule has 29 heavy (non-hydrogen) atoms. The van der Waals surface area contributed by atoms with Crippen LogP contribution in [0.2, 0.25) is 0 Å². The molecular weight excluding hydrogens is 384 g/mol. The molecular formula is C23H30N2O3S. The summed E-state index contributed by atoms with van der Waals surface area (Å²) in [6.45, 7) is 6.69. The molecule has 0 aliphatic carbocycles. The first-order valence-corrected chi connectivity index (χ1v) is 11.6. The first-order valence-electron chi connectivity index (χ1n) is 10.2. The minimum Gasteiger partial charge on any atom is -0.353 e. The Kier molecular flexibility index (Phi) is 6.75.